The molecule has 2 amide bonds. The van der Waals surface area contributed by atoms with Crippen molar-refractivity contribution in [2.75, 3.05) is 25.5 Å². The fourth-order valence-corrected chi connectivity index (χ4v) is 2.02. The number of nitrogens with one attached hydrogen (secondary N) is 3. The van der Waals surface area contributed by atoms with E-state index in [2.05, 4.69) is 24.5 Å². The maximum atomic E-state index is 12.0. The molecule has 0 saturated carbocycles. The molecule has 0 heterocycles. The first kappa shape index (κ1) is 18.5. The Labute approximate surface area is 137 Å². The van der Waals surface area contributed by atoms with E-state index in [0.29, 0.717) is 16.6 Å². The molecule has 1 aromatic carbocycles. The van der Waals surface area contributed by atoms with Crippen LogP contribution in [0.3, 0.4) is 0 Å². The molecule has 1 rings (SSSR count). The Morgan fingerprint density at radius 1 is 1.14 bits per heavy atom. The van der Waals surface area contributed by atoms with E-state index in [4.69, 9.17) is 11.6 Å². The predicted octanol–water partition coefficient (Wildman–Crippen LogP) is 0.954. The van der Waals surface area contributed by atoms with Gasteiger partial charge in [0.25, 0.3) is 11.8 Å². The Hall–Kier alpha value is -1.59. The molecular weight excluding hydrogens is 302 g/mol. The zero-order chi connectivity index (χ0) is 16.7. The Bertz CT molecular complexity index is 520. The zero-order valence-electron chi connectivity index (χ0n) is 13.6. The van der Waals surface area contributed by atoms with Gasteiger partial charge >= 0.3 is 0 Å². The van der Waals surface area contributed by atoms with Gasteiger partial charge in [-0.15, -0.1) is 0 Å². The Kier molecular flexibility index (Phi) is 7.35. The minimum absolute atomic E-state index is 0.0516. The van der Waals surface area contributed by atoms with Gasteiger partial charge < -0.3 is 15.5 Å². The van der Waals surface area contributed by atoms with E-state index in [0.717, 1.165) is 4.90 Å². The van der Waals surface area contributed by atoms with Crippen molar-refractivity contribution in [1.82, 2.24) is 5.32 Å². The van der Waals surface area contributed by atoms with E-state index in [1.54, 1.807) is 24.3 Å². The van der Waals surface area contributed by atoms with Crippen molar-refractivity contribution >= 4 is 29.1 Å². The Morgan fingerprint density at radius 3 is 2.32 bits per heavy atom. The summed E-state index contributed by atoms with van der Waals surface area (Å²) in [5.74, 6) is 0.160. The molecule has 122 valence electrons. The standard InChI is InChI=1S/C16H24ClN3O2/c1-11(2)12(3)18-15(21)9-20(4)10-16(22)19-14-8-6-5-7-13(14)17/h5-8,11-12H,9-10H2,1-4H3,(H,18,21)(H,19,22)/p+1/t12-/m0/s1. The summed E-state index contributed by atoms with van der Waals surface area (Å²) in [6.07, 6.45) is 0. The SMILES string of the molecule is CC(C)[C@H](C)NC(=O)C[NH+](C)CC(=O)Nc1ccccc1Cl. The summed E-state index contributed by atoms with van der Waals surface area (Å²) in [5.41, 5.74) is 0.583. The van der Waals surface area contributed by atoms with Gasteiger partial charge in [-0.2, -0.15) is 0 Å². The van der Waals surface area contributed by atoms with Gasteiger partial charge in [-0.1, -0.05) is 37.6 Å². The highest BCUT2D eigenvalue weighted by atomic mass is 35.5. The van der Waals surface area contributed by atoms with Gasteiger partial charge in [-0.05, 0) is 25.0 Å². The third-order valence-corrected chi connectivity index (χ3v) is 3.79. The summed E-state index contributed by atoms with van der Waals surface area (Å²) in [7, 11) is 1.81. The molecule has 0 bridgehead atoms. The number of quaternary nitrogens is 1. The van der Waals surface area contributed by atoms with Gasteiger partial charge in [-0.3, -0.25) is 9.59 Å². The van der Waals surface area contributed by atoms with Gasteiger partial charge in [0.05, 0.1) is 17.8 Å². The second-order valence-electron chi connectivity index (χ2n) is 5.94. The second-order valence-corrected chi connectivity index (χ2v) is 6.35. The molecule has 1 aromatic rings. The van der Waals surface area contributed by atoms with Crippen LogP contribution in [-0.2, 0) is 9.59 Å². The summed E-state index contributed by atoms with van der Waals surface area (Å²) >= 11 is 5.99. The van der Waals surface area contributed by atoms with Crippen LogP contribution in [0.5, 0.6) is 0 Å². The molecule has 1 unspecified atom stereocenters. The van der Waals surface area contributed by atoms with Crippen molar-refractivity contribution in [3.63, 3.8) is 0 Å². The minimum atomic E-state index is -0.171. The topological polar surface area (TPSA) is 62.6 Å². The molecule has 0 aliphatic rings. The first-order valence-electron chi connectivity index (χ1n) is 7.44. The normalized spacial score (nSPS) is 13.5. The van der Waals surface area contributed by atoms with Crippen LogP contribution in [-0.4, -0.2) is 38.0 Å². The number of carbonyl (C=O) groups excluding carboxylic acids is 2. The summed E-state index contributed by atoms with van der Waals surface area (Å²) in [6, 6.07) is 7.19. The summed E-state index contributed by atoms with van der Waals surface area (Å²) < 4.78 is 0. The highest BCUT2D eigenvalue weighted by molar-refractivity contribution is 6.33. The molecule has 0 fully saturated rings. The summed E-state index contributed by atoms with van der Waals surface area (Å²) in [5, 5.41) is 6.18. The van der Waals surface area contributed by atoms with Crippen LogP contribution in [0.25, 0.3) is 0 Å². The molecule has 0 aliphatic heterocycles. The molecule has 0 aliphatic carbocycles. The molecule has 0 saturated heterocycles. The third-order valence-electron chi connectivity index (χ3n) is 3.46. The van der Waals surface area contributed by atoms with E-state index in [-0.39, 0.29) is 30.9 Å². The van der Waals surface area contributed by atoms with E-state index in [1.165, 1.54) is 0 Å². The average Bonchev–Trinajstić information content (AvgIpc) is 2.40. The lowest BCUT2D eigenvalue weighted by Gasteiger charge is -2.19. The van der Waals surface area contributed by atoms with Crippen LogP contribution in [0, 0.1) is 5.92 Å². The predicted molar refractivity (Wildman–Crippen MR) is 89.1 cm³/mol. The minimum Gasteiger partial charge on any atom is -0.348 e. The van der Waals surface area contributed by atoms with E-state index < -0.39 is 0 Å². The number of likely N-dealkylation sites (N-methyl/N-ethyl adjacent to an activating group) is 1. The lowest BCUT2D eigenvalue weighted by molar-refractivity contribution is -0.862. The van der Waals surface area contributed by atoms with Gasteiger partial charge in [-0.25, -0.2) is 0 Å². The average molecular weight is 327 g/mol. The largest absolute Gasteiger partial charge is 0.348 e. The highest BCUT2D eigenvalue weighted by Crippen LogP contribution is 2.19. The van der Waals surface area contributed by atoms with Crippen LogP contribution in [0.2, 0.25) is 5.02 Å². The smallest absolute Gasteiger partial charge is 0.279 e. The number of halogens is 1. The molecule has 2 atom stereocenters. The second kappa shape index (κ2) is 8.76. The maximum Gasteiger partial charge on any atom is 0.279 e. The molecule has 3 N–H and O–H groups in total. The lowest BCUT2D eigenvalue weighted by Crippen LogP contribution is -3.11. The number of hydrogen-bond acceptors (Lipinski definition) is 2. The molecule has 0 aromatic heterocycles. The number of amides is 2. The molecule has 5 nitrogen and oxygen atoms in total. The lowest BCUT2D eigenvalue weighted by atomic mass is 10.1. The van der Waals surface area contributed by atoms with E-state index >= 15 is 0 Å². The first-order valence-corrected chi connectivity index (χ1v) is 7.82. The van der Waals surface area contributed by atoms with Crippen LogP contribution >= 0.6 is 11.6 Å². The Morgan fingerprint density at radius 2 is 1.73 bits per heavy atom. The number of benzene rings is 1. The first-order chi connectivity index (χ1) is 10.3. The van der Waals surface area contributed by atoms with Crippen molar-refractivity contribution in [1.29, 1.82) is 0 Å². The van der Waals surface area contributed by atoms with Gasteiger partial charge in [0.1, 0.15) is 0 Å². The van der Waals surface area contributed by atoms with Gasteiger partial charge in [0.2, 0.25) is 0 Å². The van der Waals surface area contributed by atoms with Crippen molar-refractivity contribution in [2.24, 2.45) is 5.92 Å². The third kappa shape index (κ3) is 6.45. The molecule has 0 spiro atoms. The molecule has 0 radical (unpaired) electrons. The number of anilines is 1. The van der Waals surface area contributed by atoms with Crippen LogP contribution in [0.1, 0.15) is 20.8 Å². The van der Waals surface area contributed by atoms with Crippen molar-refractivity contribution in [3.8, 4) is 0 Å². The van der Waals surface area contributed by atoms with Crippen molar-refractivity contribution in [3.05, 3.63) is 29.3 Å². The maximum absolute atomic E-state index is 12.0. The number of rotatable bonds is 7. The number of para-hydroxylation sites is 1. The van der Waals surface area contributed by atoms with Crippen LogP contribution < -0.4 is 15.5 Å². The Balaban J connectivity index is 2.41. The van der Waals surface area contributed by atoms with E-state index in [1.807, 2.05) is 14.0 Å². The van der Waals surface area contributed by atoms with Gasteiger partial charge in [0, 0.05) is 6.04 Å². The van der Waals surface area contributed by atoms with Crippen LogP contribution in [0.4, 0.5) is 5.69 Å². The molecule has 22 heavy (non-hydrogen) atoms. The quantitative estimate of drug-likeness (QED) is 0.699. The highest BCUT2D eigenvalue weighted by Gasteiger charge is 2.17. The molecular formula is C16H25ClN3O2+. The number of carbonyl (C=O) groups is 2. The molecule has 6 heteroatoms. The van der Waals surface area contributed by atoms with Crippen molar-refractivity contribution in [2.45, 2.75) is 26.8 Å². The van der Waals surface area contributed by atoms with Crippen molar-refractivity contribution < 1.29 is 14.5 Å². The zero-order valence-corrected chi connectivity index (χ0v) is 14.3. The fraction of sp³-hybridized carbons (Fsp3) is 0.500. The summed E-state index contributed by atoms with van der Waals surface area (Å²) in [6.45, 7) is 6.54. The van der Waals surface area contributed by atoms with Crippen LogP contribution in [0.15, 0.2) is 24.3 Å². The number of hydrogen-bond donors (Lipinski definition) is 3. The fourth-order valence-electron chi connectivity index (χ4n) is 1.84. The van der Waals surface area contributed by atoms with Gasteiger partial charge in [0.15, 0.2) is 13.1 Å². The summed E-state index contributed by atoms with van der Waals surface area (Å²) in [4.78, 5) is 24.7. The van der Waals surface area contributed by atoms with E-state index in [9.17, 15) is 9.59 Å². The monoisotopic (exact) mass is 326 g/mol.